The minimum Gasteiger partial charge on any atom is -0.493 e. The second-order valence-corrected chi connectivity index (χ2v) is 9.44. The molecule has 1 aromatic heterocycles. The van der Waals surface area contributed by atoms with E-state index in [0.29, 0.717) is 24.0 Å². The van der Waals surface area contributed by atoms with Crippen LogP contribution in [0.25, 0.3) is 11.0 Å². The van der Waals surface area contributed by atoms with Crippen molar-refractivity contribution in [3.05, 3.63) is 52.4 Å². The molecule has 4 heteroatoms. The Morgan fingerprint density at radius 3 is 2.75 bits per heavy atom. The summed E-state index contributed by atoms with van der Waals surface area (Å²) in [6, 6.07) is 8.84. The topological polar surface area (TPSA) is 59.7 Å². The lowest BCUT2D eigenvalue weighted by molar-refractivity contribution is -0.119. The van der Waals surface area contributed by atoms with Gasteiger partial charge in [-0.1, -0.05) is 32.4 Å². The molecule has 4 rings (SSSR count). The van der Waals surface area contributed by atoms with Gasteiger partial charge in [-0.3, -0.25) is 0 Å². The van der Waals surface area contributed by atoms with E-state index in [-0.39, 0.29) is 22.6 Å². The van der Waals surface area contributed by atoms with Crippen molar-refractivity contribution in [2.45, 2.75) is 53.1 Å². The molecule has 1 fully saturated rings. The Morgan fingerprint density at radius 1 is 1.21 bits per heavy atom. The van der Waals surface area contributed by atoms with Crippen LogP contribution in [0.1, 0.15) is 47.0 Å². The molecule has 0 aliphatic heterocycles. The lowest BCUT2D eigenvalue weighted by Gasteiger charge is -2.58. The molecular formula is C24H30O4. The standard InChI is InChI=1S/C24H30O4/c1-15-5-9-20-23(2,3)21(25)11-12-24(20,4)18(15)14-27-17-8-6-16-7-10-22(26)28-19(16)13-17/h5-8,10,13,18,20-21,25H,9,11-12,14H2,1-4H3/t18-,20-,21-,24+/m0/s1. The fourth-order valence-corrected chi connectivity index (χ4v) is 5.66. The van der Waals surface area contributed by atoms with Crippen molar-refractivity contribution >= 4 is 11.0 Å². The van der Waals surface area contributed by atoms with Gasteiger partial charge in [-0.15, -0.1) is 0 Å². The van der Waals surface area contributed by atoms with Gasteiger partial charge in [-0.05, 0) is 61.1 Å². The van der Waals surface area contributed by atoms with Gasteiger partial charge in [0.05, 0.1) is 12.7 Å². The summed E-state index contributed by atoms with van der Waals surface area (Å²) in [5.74, 6) is 1.45. The molecule has 1 aromatic carbocycles. The maximum absolute atomic E-state index is 11.5. The minimum atomic E-state index is -0.353. The van der Waals surface area contributed by atoms with Gasteiger partial charge >= 0.3 is 5.63 Å². The maximum atomic E-state index is 11.5. The Labute approximate surface area is 166 Å². The van der Waals surface area contributed by atoms with Gasteiger partial charge in [-0.2, -0.15) is 0 Å². The van der Waals surface area contributed by atoms with E-state index in [2.05, 4.69) is 33.8 Å². The van der Waals surface area contributed by atoms with Crippen molar-refractivity contribution in [3.8, 4) is 5.75 Å². The highest BCUT2D eigenvalue weighted by Gasteiger charge is 2.55. The molecule has 0 amide bonds. The normalized spacial score (nSPS) is 31.9. The van der Waals surface area contributed by atoms with E-state index in [9.17, 15) is 9.90 Å². The van der Waals surface area contributed by atoms with E-state index in [1.807, 2.05) is 12.1 Å². The van der Waals surface area contributed by atoms with Crippen LogP contribution in [0.5, 0.6) is 5.75 Å². The fourth-order valence-electron chi connectivity index (χ4n) is 5.66. The van der Waals surface area contributed by atoms with E-state index in [1.165, 1.54) is 11.6 Å². The van der Waals surface area contributed by atoms with Crippen molar-refractivity contribution in [3.63, 3.8) is 0 Å². The van der Waals surface area contributed by atoms with Crippen LogP contribution in [0.3, 0.4) is 0 Å². The van der Waals surface area contributed by atoms with Crippen LogP contribution in [0, 0.1) is 22.7 Å². The first-order chi connectivity index (χ1) is 13.2. The number of rotatable bonds is 3. The number of aliphatic hydroxyl groups excluding tert-OH is 1. The zero-order chi connectivity index (χ0) is 20.1. The van der Waals surface area contributed by atoms with Crippen molar-refractivity contribution < 1.29 is 14.3 Å². The first-order valence-electron chi connectivity index (χ1n) is 10.2. The van der Waals surface area contributed by atoms with Gasteiger partial charge in [-0.25, -0.2) is 4.79 Å². The fraction of sp³-hybridized carbons (Fsp3) is 0.542. The second kappa shape index (κ2) is 6.77. The summed E-state index contributed by atoms with van der Waals surface area (Å²) in [5, 5.41) is 11.5. The highest BCUT2D eigenvalue weighted by molar-refractivity contribution is 5.77. The Hall–Kier alpha value is -2.07. The average Bonchev–Trinajstić information content (AvgIpc) is 2.64. The second-order valence-electron chi connectivity index (χ2n) is 9.44. The number of hydrogen-bond donors (Lipinski definition) is 1. The summed E-state index contributed by atoms with van der Waals surface area (Å²) in [6.07, 6.45) is 4.95. The number of fused-ring (bicyclic) bond motifs is 2. The van der Waals surface area contributed by atoms with Gasteiger partial charge in [0.25, 0.3) is 0 Å². The summed E-state index contributed by atoms with van der Waals surface area (Å²) in [6.45, 7) is 9.57. The predicted octanol–water partition coefficient (Wildman–Crippen LogP) is 4.94. The smallest absolute Gasteiger partial charge is 0.336 e. The lowest BCUT2D eigenvalue weighted by atomic mass is 9.48. The molecule has 2 aromatic rings. The third-order valence-corrected chi connectivity index (χ3v) is 7.54. The van der Waals surface area contributed by atoms with Crippen LogP contribution in [-0.4, -0.2) is 17.8 Å². The molecule has 4 nitrogen and oxygen atoms in total. The number of ether oxygens (including phenoxy) is 1. The van der Waals surface area contributed by atoms with Gasteiger partial charge in [0, 0.05) is 23.4 Å². The quantitative estimate of drug-likeness (QED) is 0.603. The van der Waals surface area contributed by atoms with Crippen LogP contribution >= 0.6 is 0 Å². The zero-order valence-corrected chi connectivity index (χ0v) is 17.2. The first kappa shape index (κ1) is 19.3. The van der Waals surface area contributed by atoms with Crippen LogP contribution in [0.2, 0.25) is 0 Å². The minimum absolute atomic E-state index is 0.102. The molecule has 1 heterocycles. The largest absolute Gasteiger partial charge is 0.493 e. The number of allylic oxidation sites excluding steroid dienone is 1. The number of benzene rings is 1. The lowest BCUT2D eigenvalue weighted by Crippen LogP contribution is -2.55. The van der Waals surface area contributed by atoms with Gasteiger partial charge < -0.3 is 14.3 Å². The van der Waals surface area contributed by atoms with Gasteiger partial charge in [0.2, 0.25) is 0 Å². The van der Waals surface area contributed by atoms with E-state index in [4.69, 9.17) is 9.15 Å². The summed E-state index contributed by atoms with van der Waals surface area (Å²) in [7, 11) is 0. The summed E-state index contributed by atoms with van der Waals surface area (Å²) in [4.78, 5) is 11.5. The zero-order valence-electron chi connectivity index (χ0n) is 17.2. The molecule has 150 valence electrons. The van der Waals surface area contributed by atoms with Crippen molar-refractivity contribution in [1.82, 2.24) is 0 Å². The van der Waals surface area contributed by atoms with Crippen molar-refractivity contribution in [1.29, 1.82) is 0 Å². The molecule has 1 N–H and O–H groups in total. The molecule has 0 radical (unpaired) electrons. The third kappa shape index (κ3) is 3.08. The Balaban J connectivity index is 1.59. The molecule has 4 atom stereocenters. The van der Waals surface area contributed by atoms with E-state index in [0.717, 1.165) is 30.4 Å². The molecule has 0 bridgehead atoms. The highest BCUT2D eigenvalue weighted by atomic mass is 16.5. The van der Waals surface area contributed by atoms with E-state index >= 15 is 0 Å². The van der Waals surface area contributed by atoms with Crippen LogP contribution in [0.4, 0.5) is 0 Å². The molecule has 0 spiro atoms. The predicted molar refractivity (Wildman–Crippen MR) is 110 cm³/mol. The summed E-state index contributed by atoms with van der Waals surface area (Å²) >= 11 is 0. The Kier molecular flexibility index (Phi) is 4.65. The van der Waals surface area contributed by atoms with E-state index < -0.39 is 0 Å². The Bertz CT molecular complexity index is 970. The number of aliphatic hydroxyl groups is 1. The van der Waals surface area contributed by atoms with Crippen molar-refractivity contribution in [2.24, 2.45) is 22.7 Å². The van der Waals surface area contributed by atoms with Crippen molar-refractivity contribution in [2.75, 3.05) is 6.61 Å². The number of hydrogen-bond acceptors (Lipinski definition) is 4. The molecule has 0 saturated heterocycles. The molecule has 1 saturated carbocycles. The van der Waals surface area contributed by atoms with Crippen LogP contribution < -0.4 is 10.4 Å². The molecule has 28 heavy (non-hydrogen) atoms. The average molecular weight is 383 g/mol. The molecular weight excluding hydrogens is 352 g/mol. The molecule has 2 aliphatic rings. The van der Waals surface area contributed by atoms with Crippen LogP contribution in [-0.2, 0) is 0 Å². The van der Waals surface area contributed by atoms with Gasteiger partial charge in [0.1, 0.15) is 11.3 Å². The van der Waals surface area contributed by atoms with E-state index in [1.54, 1.807) is 12.1 Å². The first-order valence-corrected chi connectivity index (χ1v) is 10.2. The maximum Gasteiger partial charge on any atom is 0.336 e. The monoisotopic (exact) mass is 382 g/mol. The van der Waals surface area contributed by atoms with Crippen LogP contribution in [0.15, 0.2) is 51.2 Å². The highest BCUT2D eigenvalue weighted by Crippen LogP contribution is 2.59. The third-order valence-electron chi connectivity index (χ3n) is 7.54. The summed E-state index contributed by atoms with van der Waals surface area (Å²) < 4.78 is 11.5. The summed E-state index contributed by atoms with van der Waals surface area (Å²) in [5.41, 5.74) is 1.57. The molecule has 2 aliphatic carbocycles. The Morgan fingerprint density at radius 2 is 1.96 bits per heavy atom. The molecule has 0 unspecified atom stereocenters. The van der Waals surface area contributed by atoms with Gasteiger partial charge in [0.15, 0.2) is 0 Å². The SMILES string of the molecule is CC1=CC[C@H]2C(C)(C)[C@@H](O)CC[C@]2(C)[C@H]1COc1ccc2ccc(=O)oc2c1.